The molecule has 4 aromatic rings. The first kappa shape index (κ1) is 26.1. The third kappa shape index (κ3) is 6.22. The van der Waals surface area contributed by atoms with E-state index in [4.69, 9.17) is 23.2 Å². The zero-order valence-electron chi connectivity index (χ0n) is 19.5. The summed E-state index contributed by atoms with van der Waals surface area (Å²) in [5.41, 5.74) is 3.20. The zero-order chi connectivity index (χ0) is 25.8. The molecule has 2 amide bonds. The lowest BCUT2D eigenvalue weighted by atomic mass is 10.1. The van der Waals surface area contributed by atoms with Crippen molar-refractivity contribution in [2.75, 3.05) is 11.1 Å². The second kappa shape index (κ2) is 11.4. The average molecular weight is 563 g/mol. The Kier molecular flexibility index (Phi) is 8.24. The Hall–Kier alpha value is -2.99. The van der Waals surface area contributed by atoms with Crippen LogP contribution >= 0.6 is 46.3 Å². The molecule has 0 spiro atoms. The molecule has 0 aliphatic rings. The number of aromatic nitrogens is 5. The molecule has 2 N–H and O–H groups in total. The van der Waals surface area contributed by atoms with Crippen molar-refractivity contribution < 1.29 is 9.59 Å². The van der Waals surface area contributed by atoms with Gasteiger partial charge in [0.1, 0.15) is 5.01 Å². The number of carbonyl (C=O) groups excluding carboxylic acids is 2. The number of halogens is 2. The van der Waals surface area contributed by atoms with Crippen molar-refractivity contribution in [2.45, 2.75) is 32.5 Å². The van der Waals surface area contributed by atoms with Crippen LogP contribution in [0.4, 0.5) is 5.13 Å². The number of nitrogens with zero attached hydrogens (tertiary/aromatic N) is 5. The first-order valence-electron chi connectivity index (χ1n) is 10.7. The summed E-state index contributed by atoms with van der Waals surface area (Å²) in [5.74, 6) is -0.00855. The van der Waals surface area contributed by atoms with Gasteiger partial charge < -0.3 is 5.32 Å². The maximum absolute atomic E-state index is 12.8. The van der Waals surface area contributed by atoms with Gasteiger partial charge in [0.25, 0.3) is 5.91 Å². The predicted molar refractivity (Wildman–Crippen MR) is 142 cm³/mol. The third-order valence-electron chi connectivity index (χ3n) is 4.99. The Morgan fingerprint density at radius 1 is 1.03 bits per heavy atom. The highest BCUT2D eigenvalue weighted by atomic mass is 35.5. The number of nitrogens with one attached hydrogen (secondary N) is 2. The molecule has 0 unspecified atom stereocenters. The van der Waals surface area contributed by atoms with E-state index < -0.39 is 0 Å². The number of aryl methyl sites for hydroxylation is 3. The summed E-state index contributed by atoms with van der Waals surface area (Å²) >= 11 is 14.6. The molecule has 0 aliphatic carbocycles. The molecule has 36 heavy (non-hydrogen) atoms. The van der Waals surface area contributed by atoms with Crippen molar-refractivity contribution in [1.29, 1.82) is 0 Å². The summed E-state index contributed by atoms with van der Waals surface area (Å²) in [6.45, 7) is 5.87. The van der Waals surface area contributed by atoms with Gasteiger partial charge in [0.15, 0.2) is 11.0 Å². The second-order valence-corrected chi connectivity index (χ2v) is 10.8. The van der Waals surface area contributed by atoms with Crippen LogP contribution in [-0.2, 0) is 11.3 Å². The van der Waals surface area contributed by atoms with Crippen LogP contribution in [0.5, 0.6) is 0 Å². The highest BCUT2D eigenvalue weighted by Gasteiger charge is 2.19. The molecular formula is C23H21Cl2N7O2S2. The first-order valence-corrected chi connectivity index (χ1v) is 13.2. The van der Waals surface area contributed by atoms with Gasteiger partial charge in [-0.3, -0.25) is 19.5 Å². The van der Waals surface area contributed by atoms with Crippen molar-refractivity contribution in [3.8, 4) is 5.69 Å². The maximum Gasteiger partial charge on any atom is 0.253 e. The molecule has 2 heterocycles. The molecule has 9 nitrogen and oxygen atoms in total. The van der Waals surface area contributed by atoms with Gasteiger partial charge in [0, 0.05) is 5.02 Å². The highest BCUT2D eigenvalue weighted by molar-refractivity contribution is 7.99. The molecule has 0 saturated heterocycles. The van der Waals surface area contributed by atoms with Crippen LogP contribution in [0.25, 0.3) is 5.69 Å². The molecule has 0 radical (unpaired) electrons. The van der Waals surface area contributed by atoms with Gasteiger partial charge in [-0.25, -0.2) is 0 Å². The number of thioether (sulfide) groups is 1. The number of carbonyl (C=O) groups is 2. The lowest BCUT2D eigenvalue weighted by molar-refractivity contribution is -0.113. The van der Waals surface area contributed by atoms with Crippen LogP contribution < -0.4 is 10.6 Å². The van der Waals surface area contributed by atoms with Gasteiger partial charge in [-0.2, -0.15) is 0 Å². The Bertz CT molecular complexity index is 1440. The summed E-state index contributed by atoms with van der Waals surface area (Å²) in [7, 11) is 0. The van der Waals surface area contributed by atoms with E-state index in [1.54, 1.807) is 12.1 Å². The molecule has 0 saturated carbocycles. The molecular weight excluding hydrogens is 541 g/mol. The zero-order valence-corrected chi connectivity index (χ0v) is 22.6. The number of benzene rings is 2. The fourth-order valence-electron chi connectivity index (χ4n) is 3.27. The van der Waals surface area contributed by atoms with Gasteiger partial charge in [0.05, 0.1) is 28.6 Å². The predicted octanol–water partition coefficient (Wildman–Crippen LogP) is 5.01. The summed E-state index contributed by atoms with van der Waals surface area (Å²) in [6.07, 6.45) is 0. The van der Waals surface area contributed by atoms with Crippen LogP contribution in [0, 0.1) is 20.8 Å². The summed E-state index contributed by atoms with van der Waals surface area (Å²) in [5, 5.41) is 24.4. The van der Waals surface area contributed by atoms with Crippen molar-refractivity contribution in [2.24, 2.45) is 0 Å². The lowest BCUT2D eigenvalue weighted by Gasteiger charge is -2.14. The standard InChI is InChI=1S/C23H21Cl2N7O2S2/c1-12-4-5-13(2)18(8-12)32-19(10-26-21(34)16-7-6-15(24)9-17(16)25)29-31-23(32)35-11-20(33)27-22-30-28-14(3)36-22/h4-9H,10-11H2,1-3H3,(H,26,34)(H,27,30,33). The summed E-state index contributed by atoms with van der Waals surface area (Å²) in [6, 6.07) is 10.7. The Balaban J connectivity index is 1.56. The Labute approximate surface area is 225 Å². The topological polar surface area (TPSA) is 115 Å². The van der Waals surface area contributed by atoms with Crippen molar-refractivity contribution in [1.82, 2.24) is 30.3 Å². The van der Waals surface area contributed by atoms with E-state index in [0.29, 0.717) is 26.7 Å². The summed E-state index contributed by atoms with van der Waals surface area (Å²) < 4.78 is 1.85. The molecule has 4 rings (SSSR count). The second-order valence-electron chi connectivity index (χ2n) is 7.79. The minimum Gasteiger partial charge on any atom is -0.345 e. The van der Waals surface area contributed by atoms with Crippen molar-refractivity contribution >= 4 is 63.2 Å². The number of hydrogen-bond acceptors (Lipinski definition) is 8. The van der Waals surface area contributed by atoms with Gasteiger partial charge in [-0.15, -0.1) is 20.4 Å². The third-order valence-corrected chi connectivity index (χ3v) is 7.22. The van der Waals surface area contributed by atoms with Crippen molar-refractivity contribution in [3.63, 3.8) is 0 Å². The molecule has 13 heteroatoms. The smallest absolute Gasteiger partial charge is 0.253 e. The van der Waals surface area contributed by atoms with Crippen LogP contribution in [-0.4, -0.2) is 42.5 Å². The SMILES string of the molecule is Cc1ccc(C)c(-n2c(CNC(=O)c3ccc(Cl)cc3Cl)nnc2SCC(=O)Nc2nnc(C)s2)c1. The van der Waals surface area contributed by atoms with Gasteiger partial charge >= 0.3 is 0 Å². The van der Waals surface area contributed by atoms with E-state index in [-0.39, 0.29) is 29.1 Å². The normalized spacial score (nSPS) is 10.9. The van der Waals surface area contributed by atoms with Crippen molar-refractivity contribution in [3.05, 3.63) is 74.0 Å². The largest absolute Gasteiger partial charge is 0.345 e. The molecule has 186 valence electrons. The van der Waals surface area contributed by atoms with E-state index in [2.05, 4.69) is 31.0 Å². The van der Waals surface area contributed by atoms with Gasteiger partial charge in [-0.1, -0.05) is 58.4 Å². The van der Waals surface area contributed by atoms with E-state index in [1.807, 2.05) is 43.5 Å². The minimum absolute atomic E-state index is 0.0916. The molecule has 0 bridgehead atoms. The fourth-order valence-corrected chi connectivity index (χ4v) is 5.14. The van der Waals surface area contributed by atoms with Crippen LogP contribution in [0.15, 0.2) is 41.6 Å². The monoisotopic (exact) mass is 561 g/mol. The van der Waals surface area contributed by atoms with Crippen LogP contribution in [0.1, 0.15) is 32.3 Å². The lowest BCUT2D eigenvalue weighted by Crippen LogP contribution is -2.25. The number of amides is 2. The summed E-state index contributed by atoms with van der Waals surface area (Å²) in [4.78, 5) is 25.2. The van der Waals surface area contributed by atoms with Crippen LogP contribution in [0.2, 0.25) is 10.0 Å². The number of rotatable bonds is 8. The maximum atomic E-state index is 12.8. The van der Waals surface area contributed by atoms with E-state index in [9.17, 15) is 9.59 Å². The molecule has 2 aromatic heterocycles. The average Bonchev–Trinajstić information content (AvgIpc) is 3.43. The molecule has 0 aliphatic heterocycles. The first-order chi connectivity index (χ1) is 17.2. The number of anilines is 1. The molecule has 2 aromatic carbocycles. The van der Waals surface area contributed by atoms with E-state index in [0.717, 1.165) is 21.8 Å². The quantitative estimate of drug-likeness (QED) is 0.290. The van der Waals surface area contributed by atoms with E-state index >= 15 is 0 Å². The molecule has 0 fully saturated rings. The fraction of sp³-hybridized carbons (Fsp3) is 0.217. The van der Waals surface area contributed by atoms with Crippen LogP contribution in [0.3, 0.4) is 0 Å². The van der Waals surface area contributed by atoms with E-state index in [1.165, 1.54) is 29.2 Å². The molecule has 0 atom stereocenters. The van der Waals surface area contributed by atoms with Gasteiger partial charge in [0.2, 0.25) is 11.0 Å². The van der Waals surface area contributed by atoms with Gasteiger partial charge in [-0.05, 0) is 56.2 Å². The Morgan fingerprint density at radius 3 is 2.56 bits per heavy atom. The minimum atomic E-state index is -0.367. The highest BCUT2D eigenvalue weighted by Crippen LogP contribution is 2.26. The number of hydrogen-bond donors (Lipinski definition) is 2. The Morgan fingerprint density at radius 2 is 1.83 bits per heavy atom.